The second kappa shape index (κ2) is 14.5. The first-order valence-corrected chi connectivity index (χ1v) is 17.3. The molecule has 0 N–H and O–H groups in total. The zero-order valence-electron chi connectivity index (χ0n) is 31.5. The Morgan fingerprint density at radius 1 is 0.636 bits per heavy atom. The highest BCUT2D eigenvalue weighted by atomic mass is 16.7. The first-order chi connectivity index (χ1) is 26.4. The van der Waals surface area contributed by atoms with Crippen LogP contribution >= 0.6 is 0 Å². The Morgan fingerprint density at radius 3 is 1.89 bits per heavy atom. The largest absolute Gasteiger partial charge is 0.497 e. The second-order valence-corrected chi connectivity index (χ2v) is 13.0. The fraction of sp³-hybridized carbons (Fsp3) is 0.341. The molecule has 0 saturated heterocycles. The molecule has 0 fully saturated rings. The van der Waals surface area contributed by atoms with Crippen LogP contribution in [0, 0.1) is 0 Å². The summed E-state index contributed by atoms with van der Waals surface area (Å²) >= 11 is 0. The Bertz CT molecular complexity index is 2160. The molecule has 14 nitrogen and oxygen atoms in total. The van der Waals surface area contributed by atoms with Crippen LogP contribution in [0.15, 0.2) is 60.7 Å². The van der Waals surface area contributed by atoms with Crippen LogP contribution in [0.3, 0.4) is 0 Å². The van der Waals surface area contributed by atoms with Crippen molar-refractivity contribution in [2.24, 2.45) is 0 Å². The summed E-state index contributed by atoms with van der Waals surface area (Å²) in [6.45, 7) is 3.88. The van der Waals surface area contributed by atoms with Gasteiger partial charge >= 0.3 is 23.7 Å². The number of esters is 3. The van der Waals surface area contributed by atoms with Gasteiger partial charge in [0, 0.05) is 73.2 Å². The number of methoxy groups -OCH3 is 5. The molecule has 0 unspecified atom stereocenters. The van der Waals surface area contributed by atoms with Crippen LogP contribution in [0.25, 0.3) is 0 Å². The molecule has 4 aromatic rings. The maximum absolute atomic E-state index is 13.1. The number of ether oxygens (including phenoxy) is 11. The molecule has 5 atom stereocenters. The van der Waals surface area contributed by atoms with Crippen molar-refractivity contribution in [3.8, 4) is 51.7 Å². The molecule has 3 aliphatic heterocycles. The van der Waals surface area contributed by atoms with Crippen molar-refractivity contribution in [3.05, 3.63) is 88.5 Å². The van der Waals surface area contributed by atoms with Crippen molar-refractivity contribution in [1.82, 2.24) is 0 Å². The minimum atomic E-state index is -1.81. The first-order valence-electron chi connectivity index (χ1n) is 17.3. The quantitative estimate of drug-likeness (QED) is 0.138. The molecule has 0 radical (unpaired) electrons. The van der Waals surface area contributed by atoms with Crippen molar-refractivity contribution < 1.29 is 66.5 Å². The number of hydrogen-bond donors (Lipinski definition) is 0. The highest BCUT2D eigenvalue weighted by Gasteiger charge is 2.62. The predicted molar refractivity (Wildman–Crippen MR) is 193 cm³/mol. The van der Waals surface area contributed by atoms with E-state index < -0.39 is 47.9 Å². The van der Waals surface area contributed by atoms with E-state index in [2.05, 4.69) is 0 Å². The monoisotopic (exact) mass is 756 g/mol. The lowest BCUT2D eigenvalue weighted by Gasteiger charge is -2.51. The molecule has 288 valence electrons. The van der Waals surface area contributed by atoms with Gasteiger partial charge in [0.15, 0.2) is 23.7 Å². The van der Waals surface area contributed by atoms with Gasteiger partial charge in [-0.15, -0.1) is 0 Å². The van der Waals surface area contributed by atoms with E-state index in [9.17, 15) is 14.4 Å². The highest BCUT2D eigenvalue weighted by molar-refractivity contribution is 5.75. The summed E-state index contributed by atoms with van der Waals surface area (Å²) in [7, 11) is 7.57. The van der Waals surface area contributed by atoms with Crippen molar-refractivity contribution in [1.29, 1.82) is 0 Å². The molecular weight excluding hydrogens is 716 g/mol. The topological polar surface area (TPSA) is 153 Å². The van der Waals surface area contributed by atoms with Gasteiger partial charge in [-0.1, -0.05) is 6.07 Å². The summed E-state index contributed by atoms with van der Waals surface area (Å²) < 4.78 is 66.7. The molecule has 0 saturated carbocycles. The fourth-order valence-electron chi connectivity index (χ4n) is 7.58. The Labute approximate surface area is 317 Å². The number of hydrogen-bond acceptors (Lipinski definition) is 14. The molecular formula is C41H40O14. The maximum Gasteiger partial charge on any atom is 0.316 e. The van der Waals surface area contributed by atoms with E-state index >= 15 is 0 Å². The average Bonchev–Trinajstić information content (AvgIpc) is 3.16. The minimum absolute atomic E-state index is 0.106. The second-order valence-electron chi connectivity index (χ2n) is 13.0. The van der Waals surface area contributed by atoms with E-state index in [1.54, 1.807) is 67.8 Å². The lowest BCUT2D eigenvalue weighted by molar-refractivity contribution is -0.232. The van der Waals surface area contributed by atoms with Crippen LogP contribution in [0.4, 0.5) is 0 Å². The number of carbonyl (C=O) groups excluding carboxylic acids is 3. The van der Waals surface area contributed by atoms with Crippen LogP contribution in [-0.2, 0) is 36.1 Å². The lowest BCUT2D eigenvalue weighted by Crippen LogP contribution is -2.59. The molecule has 3 aliphatic rings. The number of fused-ring (bicyclic) bond motifs is 8. The fourth-order valence-corrected chi connectivity index (χ4v) is 7.58. The zero-order valence-corrected chi connectivity index (χ0v) is 31.5. The van der Waals surface area contributed by atoms with Crippen molar-refractivity contribution >= 4 is 17.9 Å². The average molecular weight is 757 g/mol. The van der Waals surface area contributed by atoms with Gasteiger partial charge in [0.05, 0.1) is 41.5 Å². The summed E-state index contributed by atoms with van der Waals surface area (Å²) in [5.41, 5.74) is 2.47. The maximum atomic E-state index is 13.1. The number of benzene rings is 4. The third kappa shape index (κ3) is 6.40. The van der Waals surface area contributed by atoms with Gasteiger partial charge in [0.2, 0.25) is 0 Å². The van der Waals surface area contributed by atoms with E-state index in [0.29, 0.717) is 62.3 Å². The molecule has 0 amide bonds. The Hall–Kier alpha value is -6.31. The van der Waals surface area contributed by atoms with Crippen LogP contribution in [0.5, 0.6) is 51.7 Å². The summed E-state index contributed by atoms with van der Waals surface area (Å²) in [6, 6.07) is 17.1. The highest BCUT2D eigenvalue weighted by Crippen LogP contribution is 2.63. The van der Waals surface area contributed by atoms with Gasteiger partial charge < -0.3 is 52.1 Å². The van der Waals surface area contributed by atoms with Gasteiger partial charge in [-0.05, 0) is 36.4 Å². The van der Waals surface area contributed by atoms with Gasteiger partial charge in [0.25, 0.3) is 0 Å². The molecule has 0 aliphatic carbocycles. The van der Waals surface area contributed by atoms with E-state index in [1.807, 2.05) is 0 Å². The molecule has 14 heteroatoms. The molecule has 7 rings (SSSR count). The lowest BCUT2D eigenvalue weighted by atomic mass is 9.74. The Morgan fingerprint density at radius 2 is 1.29 bits per heavy atom. The summed E-state index contributed by atoms with van der Waals surface area (Å²) in [5, 5.41) is 0. The van der Waals surface area contributed by atoms with Crippen LogP contribution in [0.2, 0.25) is 0 Å². The van der Waals surface area contributed by atoms with Crippen molar-refractivity contribution in [3.63, 3.8) is 0 Å². The van der Waals surface area contributed by atoms with Crippen LogP contribution < -0.4 is 42.6 Å². The molecule has 0 spiro atoms. The first kappa shape index (κ1) is 37.0. The third-order valence-electron chi connectivity index (χ3n) is 9.78. The summed E-state index contributed by atoms with van der Waals surface area (Å²) in [4.78, 5) is 38.3. The van der Waals surface area contributed by atoms with Gasteiger partial charge in [-0.25, -0.2) is 0 Å². The van der Waals surface area contributed by atoms with Gasteiger partial charge in [-0.3, -0.25) is 14.4 Å². The van der Waals surface area contributed by atoms with Crippen molar-refractivity contribution in [2.45, 2.75) is 57.2 Å². The molecule has 55 heavy (non-hydrogen) atoms. The Kier molecular flexibility index (Phi) is 9.76. The van der Waals surface area contributed by atoms with E-state index in [0.717, 1.165) is 0 Å². The third-order valence-corrected chi connectivity index (χ3v) is 9.78. The van der Waals surface area contributed by atoms with E-state index in [4.69, 9.17) is 52.1 Å². The minimum Gasteiger partial charge on any atom is -0.497 e. The predicted octanol–water partition coefficient (Wildman–Crippen LogP) is 5.96. The molecule has 4 aromatic carbocycles. The van der Waals surface area contributed by atoms with Crippen LogP contribution in [-0.4, -0.2) is 65.7 Å². The molecule has 2 bridgehead atoms. The van der Waals surface area contributed by atoms with Gasteiger partial charge in [-0.2, -0.15) is 0 Å². The van der Waals surface area contributed by atoms with E-state index in [1.165, 1.54) is 49.2 Å². The standard InChI is InChI=1S/C41H40O14/c1-20(42)50-31-16-26(46-5)17-32-35(31)37-36-33(55-41(54-32,40(37)52-22(3)44)24-10-12-25(45-4)13-11-24)19-29(48-7)27-18-34(51-21(2)43)38(53-39(27)36)23-9-14-28(47-6)30(15-23)49-8/h9-17,19,34,37-38,40H,18H2,1-8H3/t34-,37+,38-,40+,41-/m1/s1. The smallest absolute Gasteiger partial charge is 0.316 e. The zero-order chi connectivity index (χ0) is 39.2. The summed E-state index contributed by atoms with van der Waals surface area (Å²) in [6.07, 6.45) is -2.77. The normalized spacial score (nSPS) is 21.4. The van der Waals surface area contributed by atoms with Crippen LogP contribution in [0.1, 0.15) is 60.6 Å². The van der Waals surface area contributed by atoms with Crippen molar-refractivity contribution in [2.75, 3.05) is 35.5 Å². The molecule has 0 aromatic heterocycles. The SMILES string of the molecule is COc1ccc([C@@]23Oc4cc(OC)cc(OC(C)=O)c4[C@@H](c4c(cc(OC)c5c4O[C@H](c4ccc(OC)c(OC)c4)[C@H](OC(C)=O)C5)O2)[C@@H]3OC(C)=O)cc1. The van der Waals surface area contributed by atoms with E-state index in [-0.39, 0.29) is 23.7 Å². The van der Waals surface area contributed by atoms with Gasteiger partial charge in [0.1, 0.15) is 46.4 Å². The summed E-state index contributed by atoms with van der Waals surface area (Å²) in [5.74, 6) is -1.37. The number of rotatable bonds is 10. The Balaban J connectivity index is 1.54. The molecule has 3 heterocycles. The number of carbonyl (C=O) groups is 3.